The third-order valence-electron chi connectivity index (χ3n) is 2.94. The summed E-state index contributed by atoms with van der Waals surface area (Å²) in [5.74, 6) is 1.65. The number of hydrogen-bond acceptors (Lipinski definition) is 4. The Kier molecular flexibility index (Phi) is 7.43. The maximum Gasteiger partial charge on any atom is 0.222 e. The number of ether oxygens (including phenoxy) is 2. The Balaban J connectivity index is 2.51. The van der Waals surface area contributed by atoms with E-state index in [-0.39, 0.29) is 5.91 Å². The topological polar surface area (TPSA) is 50.8 Å². The number of nitrogens with one attached hydrogen (secondary N) is 1. The average molecular weight is 294 g/mol. The summed E-state index contributed by atoms with van der Waals surface area (Å²) in [6.45, 7) is 5.85. The van der Waals surface area contributed by atoms with Gasteiger partial charge in [0, 0.05) is 38.8 Å². The Hall–Kier alpha value is -1.91. The van der Waals surface area contributed by atoms with Gasteiger partial charge in [0.2, 0.25) is 5.91 Å². The first-order chi connectivity index (χ1) is 10.1. The van der Waals surface area contributed by atoms with E-state index in [0.29, 0.717) is 19.6 Å². The molecular formula is C16H26N2O3. The zero-order valence-electron chi connectivity index (χ0n) is 13.4. The van der Waals surface area contributed by atoms with E-state index in [1.54, 1.807) is 19.0 Å². The van der Waals surface area contributed by atoms with Crippen molar-refractivity contribution in [3.05, 3.63) is 18.2 Å². The van der Waals surface area contributed by atoms with Crippen molar-refractivity contribution in [2.24, 2.45) is 0 Å². The van der Waals surface area contributed by atoms with Gasteiger partial charge in [-0.3, -0.25) is 4.79 Å². The van der Waals surface area contributed by atoms with Crippen molar-refractivity contribution in [1.29, 1.82) is 0 Å². The van der Waals surface area contributed by atoms with Crippen molar-refractivity contribution in [2.75, 3.05) is 39.2 Å². The third-order valence-corrected chi connectivity index (χ3v) is 2.94. The van der Waals surface area contributed by atoms with E-state index < -0.39 is 0 Å². The second-order valence-electron chi connectivity index (χ2n) is 4.85. The molecule has 1 aromatic rings. The first-order valence-electron chi connectivity index (χ1n) is 7.42. The highest BCUT2D eigenvalue weighted by Gasteiger charge is 2.06. The fourth-order valence-corrected chi connectivity index (χ4v) is 1.86. The Morgan fingerprint density at radius 2 is 1.81 bits per heavy atom. The van der Waals surface area contributed by atoms with E-state index in [9.17, 15) is 4.79 Å². The smallest absolute Gasteiger partial charge is 0.222 e. The minimum atomic E-state index is 0.151. The van der Waals surface area contributed by atoms with Crippen LogP contribution in [-0.2, 0) is 4.79 Å². The van der Waals surface area contributed by atoms with Crippen LogP contribution in [0.1, 0.15) is 26.7 Å². The summed E-state index contributed by atoms with van der Waals surface area (Å²) in [5.41, 5.74) is 0.971. The van der Waals surface area contributed by atoms with E-state index in [1.807, 2.05) is 32.0 Å². The molecule has 0 unspecified atom stereocenters. The molecule has 0 bridgehead atoms. The molecule has 0 aliphatic carbocycles. The Labute approximate surface area is 127 Å². The maximum atomic E-state index is 11.5. The zero-order valence-corrected chi connectivity index (χ0v) is 13.4. The average Bonchev–Trinajstić information content (AvgIpc) is 2.46. The van der Waals surface area contributed by atoms with Crippen molar-refractivity contribution in [2.45, 2.75) is 26.7 Å². The molecule has 0 spiro atoms. The van der Waals surface area contributed by atoms with E-state index in [0.717, 1.165) is 30.2 Å². The fraction of sp³-hybridized carbons (Fsp3) is 0.562. The third kappa shape index (κ3) is 5.94. The number of carbonyl (C=O) groups excluding carboxylic acids is 1. The molecule has 0 atom stereocenters. The summed E-state index contributed by atoms with van der Waals surface area (Å²) >= 11 is 0. The van der Waals surface area contributed by atoms with Crippen LogP contribution in [0.4, 0.5) is 5.69 Å². The molecule has 5 heteroatoms. The van der Waals surface area contributed by atoms with Crippen molar-refractivity contribution in [3.63, 3.8) is 0 Å². The van der Waals surface area contributed by atoms with Gasteiger partial charge in [-0.15, -0.1) is 0 Å². The van der Waals surface area contributed by atoms with Gasteiger partial charge in [0.25, 0.3) is 0 Å². The van der Waals surface area contributed by atoms with Crippen LogP contribution < -0.4 is 14.8 Å². The molecule has 118 valence electrons. The van der Waals surface area contributed by atoms with Crippen LogP contribution in [0.3, 0.4) is 0 Å². The normalized spacial score (nSPS) is 10.1. The number of hydrogen-bond donors (Lipinski definition) is 1. The van der Waals surface area contributed by atoms with Crippen LogP contribution in [0.15, 0.2) is 18.2 Å². The van der Waals surface area contributed by atoms with Crippen molar-refractivity contribution in [1.82, 2.24) is 4.90 Å². The molecule has 5 nitrogen and oxygen atoms in total. The first-order valence-corrected chi connectivity index (χ1v) is 7.42. The van der Waals surface area contributed by atoms with Gasteiger partial charge in [-0.25, -0.2) is 0 Å². The summed E-state index contributed by atoms with van der Waals surface area (Å²) in [6.07, 6.45) is 1.35. The molecule has 0 heterocycles. The van der Waals surface area contributed by atoms with Gasteiger partial charge in [0.1, 0.15) is 0 Å². The molecule has 0 radical (unpaired) electrons. The lowest BCUT2D eigenvalue weighted by atomic mass is 10.2. The molecule has 0 saturated heterocycles. The van der Waals surface area contributed by atoms with Gasteiger partial charge < -0.3 is 19.7 Å². The second kappa shape index (κ2) is 9.10. The lowest BCUT2D eigenvalue weighted by molar-refractivity contribution is -0.128. The van der Waals surface area contributed by atoms with Crippen LogP contribution in [0, 0.1) is 0 Å². The number of nitrogens with zero attached hydrogens (tertiary/aromatic N) is 1. The second-order valence-corrected chi connectivity index (χ2v) is 4.85. The van der Waals surface area contributed by atoms with Gasteiger partial charge in [0.15, 0.2) is 11.5 Å². The molecule has 0 fully saturated rings. The Bertz CT molecular complexity index is 447. The SMILES string of the molecule is CCOc1ccc(NCCCC(=O)N(C)C)cc1OCC. The summed E-state index contributed by atoms with van der Waals surface area (Å²) in [7, 11) is 3.55. The predicted molar refractivity (Wildman–Crippen MR) is 85.2 cm³/mol. The molecule has 0 saturated carbocycles. The van der Waals surface area contributed by atoms with Gasteiger partial charge in [-0.1, -0.05) is 0 Å². The zero-order chi connectivity index (χ0) is 15.7. The number of benzene rings is 1. The molecule has 0 aromatic heterocycles. The fourth-order valence-electron chi connectivity index (χ4n) is 1.86. The molecule has 0 aliphatic rings. The van der Waals surface area contributed by atoms with Crippen LogP contribution in [0.5, 0.6) is 11.5 Å². The van der Waals surface area contributed by atoms with Gasteiger partial charge in [0.05, 0.1) is 13.2 Å². The lowest BCUT2D eigenvalue weighted by Gasteiger charge is -2.14. The van der Waals surface area contributed by atoms with E-state index in [4.69, 9.17) is 9.47 Å². The van der Waals surface area contributed by atoms with E-state index >= 15 is 0 Å². The summed E-state index contributed by atoms with van der Waals surface area (Å²) < 4.78 is 11.1. The molecule has 1 amide bonds. The van der Waals surface area contributed by atoms with E-state index in [1.165, 1.54) is 0 Å². The van der Waals surface area contributed by atoms with Gasteiger partial charge in [-0.05, 0) is 32.4 Å². The van der Waals surface area contributed by atoms with Crippen molar-refractivity contribution in [3.8, 4) is 11.5 Å². The monoisotopic (exact) mass is 294 g/mol. The van der Waals surface area contributed by atoms with Crippen LogP contribution >= 0.6 is 0 Å². The number of carbonyl (C=O) groups is 1. The van der Waals surface area contributed by atoms with Gasteiger partial charge in [-0.2, -0.15) is 0 Å². The quantitative estimate of drug-likeness (QED) is 0.712. The summed E-state index contributed by atoms with van der Waals surface area (Å²) in [5, 5.41) is 3.30. The van der Waals surface area contributed by atoms with E-state index in [2.05, 4.69) is 5.32 Å². The van der Waals surface area contributed by atoms with Crippen molar-refractivity contribution < 1.29 is 14.3 Å². The summed E-state index contributed by atoms with van der Waals surface area (Å²) in [4.78, 5) is 13.1. The van der Waals surface area contributed by atoms with Crippen molar-refractivity contribution >= 4 is 11.6 Å². The molecular weight excluding hydrogens is 268 g/mol. The summed E-state index contributed by atoms with van der Waals surface area (Å²) in [6, 6.07) is 5.80. The van der Waals surface area contributed by atoms with Crippen LogP contribution in [0.2, 0.25) is 0 Å². The van der Waals surface area contributed by atoms with Gasteiger partial charge >= 0.3 is 0 Å². The highest BCUT2D eigenvalue weighted by molar-refractivity contribution is 5.75. The number of anilines is 1. The molecule has 0 aliphatic heterocycles. The highest BCUT2D eigenvalue weighted by Crippen LogP contribution is 2.30. The lowest BCUT2D eigenvalue weighted by Crippen LogP contribution is -2.22. The molecule has 1 rings (SSSR count). The predicted octanol–water partition coefficient (Wildman–Crippen LogP) is 2.76. The van der Waals surface area contributed by atoms with Crippen LogP contribution in [-0.4, -0.2) is 44.7 Å². The minimum Gasteiger partial charge on any atom is -0.490 e. The molecule has 1 aromatic carbocycles. The Morgan fingerprint density at radius 1 is 1.14 bits per heavy atom. The maximum absolute atomic E-state index is 11.5. The molecule has 1 N–H and O–H groups in total. The largest absolute Gasteiger partial charge is 0.490 e. The number of amides is 1. The standard InChI is InChI=1S/C16H26N2O3/c1-5-20-14-10-9-13(12-15(14)21-6-2)17-11-7-8-16(19)18(3)4/h9-10,12,17H,5-8,11H2,1-4H3. The highest BCUT2D eigenvalue weighted by atomic mass is 16.5. The Morgan fingerprint density at radius 3 is 2.43 bits per heavy atom. The minimum absolute atomic E-state index is 0.151. The number of rotatable bonds is 9. The first kappa shape index (κ1) is 17.1. The molecule has 21 heavy (non-hydrogen) atoms. The van der Waals surface area contributed by atoms with Crippen LogP contribution in [0.25, 0.3) is 0 Å².